The molecule has 2 N–H and O–H groups in total. The fourth-order valence-corrected chi connectivity index (χ4v) is 3.97. The summed E-state index contributed by atoms with van der Waals surface area (Å²) in [4.78, 5) is 11.2. The van der Waals surface area contributed by atoms with Crippen LogP contribution in [-0.4, -0.2) is 24.0 Å². The Morgan fingerprint density at radius 1 is 0.970 bits per heavy atom. The molecule has 3 aromatic carbocycles. The summed E-state index contributed by atoms with van der Waals surface area (Å²) in [5.74, 6) is 0.667. The molecule has 0 saturated heterocycles. The van der Waals surface area contributed by atoms with Gasteiger partial charge in [-0.05, 0) is 59.4 Å². The van der Waals surface area contributed by atoms with Crippen molar-refractivity contribution in [3.05, 3.63) is 113 Å². The van der Waals surface area contributed by atoms with E-state index in [1.807, 2.05) is 30.3 Å². The topological polar surface area (TPSA) is 58.6 Å². The van der Waals surface area contributed by atoms with Gasteiger partial charge in [0, 0.05) is 12.1 Å². The second kappa shape index (κ2) is 11.4. The normalized spacial score (nSPS) is 12.6. The number of ether oxygens (including phenoxy) is 1. The second-order valence-electron chi connectivity index (χ2n) is 8.12. The van der Waals surface area contributed by atoms with Crippen molar-refractivity contribution in [2.24, 2.45) is 0 Å². The molecule has 0 saturated carbocycles. The lowest BCUT2D eigenvalue weighted by Crippen LogP contribution is -2.15. The summed E-state index contributed by atoms with van der Waals surface area (Å²) < 4.78 is 6.19. The van der Waals surface area contributed by atoms with Crippen molar-refractivity contribution in [2.75, 3.05) is 13.2 Å². The minimum atomic E-state index is -0.458. The van der Waals surface area contributed by atoms with Gasteiger partial charge in [0.2, 0.25) is 0 Å². The smallest absolute Gasteiger partial charge is 0.181 e. The molecule has 1 aliphatic rings. The van der Waals surface area contributed by atoms with Gasteiger partial charge in [-0.25, -0.2) is 0 Å². The Balaban J connectivity index is 1.28. The van der Waals surface area contributed by atoms with Gasteiger partial charge < -0.3 is 15.2 Å². The molecule has 1 aliphatic carbocycles. The van der Waals surface area contributed by atoms with E-state index in [9.17, 15) is 4.79 Å². The lowest BCUT2D eigenvalue weighted by atomic mass is 10.0. The van der Waals surface area contributed by atoms with Crippen molar-refractivity contribution in [3.63, 3.8) is 0 Å². The second-order valence-corrected chi connectivity index (χ2v) is 8.12. The summed E-state index contributed by atoms with van der Waals surface area (Å²) in [6, 6.07) is 24.6. The molecule has 0 unspecified atom stereocenters. The molecule has 0 atom stereocenters. The molecule has 0 bridgehead atoms. The first-order valence-electron chi connectivity index (χ1n) is 11.3. The molecule has 0 amide bonds. The minimum Gasteiger partial charge on any atom is -0.488 e. The Morgan fingerprint density at radius 3 is 2.58 bits per heavy atom. The Bertz CT molecular complexity index is 1130. The third-order valence-electron chi connectivity index (χ3n) is 5.74. The van der Waals surface area contributed by atoms with E-state index in [-0.39, 0.29) is 5.78 Å². The summed E-state index contributed by atoms with van der Waals surface area (Å²) in [7, 11) is 0. The molecule has 0 fully saturated rings. The molecule has 168 valence electrons. The predicted molar refractivity (Wildman–Crippen MR) is 133 cm³/mol. The van der Waals surface area contributed by atoms with Crippen LogP contribution < -0.4 is 10.1 Å². The maximum atomic E-state index is 11.2. The number of fused-ring (bicyclic) bond motifs is 1. The number of nitrogens with one attached hydrogen (secondary N) is 1. The zero-order chi connectivity index (χ0) is 22.9. The first-order valence-corrected chi connectivity index (χ1v) is 11.3. The van der Waals surface area contributed by atoms with E-state index >= 15 is 0 Å². The monoisotopic (exact) mass is 439 g/mol. The average molecular weight is 440 g/mol. The highest BCUT2D eigenvalue weighted by Crippen LogP contribution is 2.37. The summed E-state index contributed by atoms with van der Waals surface area (Å²) in [6.07, 6.45) is 7.34. The molecule has 0 aliphatic heterocycles. The summed E-state index contributed by atoms with van der Waals surface area (Å²) in [6.45, 7) is 1.78. The maximum Gasteiger partial charge on any atom is 0.181 e. The highest BCUT2D eigenvalue weighted by atomic mass is 16.5. The number of benzene rings is 3. The van der Waals surface area contributed by atoms with Gasteiger partial charge >= 0.3 is 0 Å². The van der Waals surface area contributed by atoms with E-state index in [1.165, 1.54) is 33.9 Å². The number of hydrogen-bond donors (Lipinski definition) is 2. The van der Waals surface area contributed by atoms with Gasteiger partial charge in [-0.3, -0.25) is 4.79 Å². The molecular formula is C29H29NO3. The van der Waals surface area contributed by atoms with Crippen LogP contribution in [0.4, 0.5) is 0 Å². The van der Waals surface area contributed by atoms with Gasteiger partial charge in [0.1, 0.15) is 19.0 Å². The number of hydrogen-bond acceptors (Lipinski definition) is 4. The number of carbonyl (C=O) groups excluding carboxylic acids is 1. The molecule has 33 heavy (non-hydrogen) atoms. The van der Waals surface area contributed by atoms with Crippen LogP contribution >= 0.6 is 0 Å². The Hall–Kier alpha value is -3.47. The standard InChI is InChI=1S/C29H29NO3/c31-20-27(32)16-13-22-9-11-23(12-10-22)19-30-18-17-26-15-14-25-7-4-8-28(29(25)26)33-21-24-5-2-1-3-6-24/h1-13,15-16,30-31H,14,17-21H2/b16-13+. The Labute approximate surface area is 195 Å². The number of aliphatic hydroxyl groups is 1. The molecular weight excluding hydrogens is 410 g/mol. The summed E-state index contributed by atoms with van der Waals surface area (Å²) >= 11 is 0. The van der Waals surface area contributed by atoms with E-state index in [0.29, 0.717) is 6.61 Å². The van der Waals surface area contributed by atoms with Crippen molar-refractivity contribution in [1.29, 1.82) is 0 Å². The number of rotatable bonds is 11. The third-order valence-corrected chi connectivity index (χ3v) is 5.74. The van der Waals surface area contributed by atoms with Crippen LogP contribution in [0, 0.1) is 0 Å². The average Bonchev–Trinajstić information content (AvgIpc) is 3.29. The van der Waals surface area contributed by atoms with E-state index in [0.717, 1.165) is 37.2 Å². The van der Waals surface area contributed by atoms with E-state index in [2.05, 4.69) is 53.9 Å². The molecule has 0 heterocycles. The van der Waals surface area contributed by atoms with Gasteiger partial charge in [-0.1, -0.05) is 78.9 Å². The van der Waals surface area contributed by atoms with Crippen molar-refractivity contribution >= 4 is 17.4 Å². The lowest BCUT2D eigenvalue weighted by Gasteiger charge is -2.14. The van der Waals surface area contributed by atoms with Crippen LogP contribution in [0.5, 0.6) is 5.75 Å². The van der Waals surface area contributed by atoms with E-state index in [4.69, 9.17) is 9.84 Å². The minimum absolute atomic E-state index is 0.294. The number of carbonyl (C=O) groups is 1. The van der Waals surface area contributed by atoms with Crippen LogP contribution in [0.15, 0.2) is 84.9 Å². The number of allylic oxidation sites excluding steroid dienone is 1. The van der Waals surface area contributed by atoms with Crippen molar-refractivity contribution < 1.29 is 14.6 Å². The SMILES string of the molecule is O=C(/C=C/c1ccc(CNCCC2=CCc3cccc(OCc4ccccc4)c32)cc1)CO. The van der Waals surface area contributed by atoms with E-state index < -0.39 is 6.61 Å². The third kappa shape index (κ3) is 6.28. The zero-order valence-corrected chi connectivity index (χ0v) is 18.7. The van der Waals surface area contributed by atoms with Crippen LogP contribution in [-0.2, 0) is 24.4 Å². The first-order chi connectivity index (χ1) is 16.2. The molecule has 4 rings (SSSR count). The zero-order valence-electron chi connectivity index (χ0n) is 18.7. The molecule has 0 aromatic heterocycles. The molecule has 4 heteroatoms. The molecule has 4 nitrogen and oxygen atoms in total. The lowest BCUT2D eigenvalue weighted by molar-refractivity contribution is -0.117. The predicted octanol–water partition coefficient (Wildman–Crippen LogP) is 4.96. The first kappa shape index (κ1) is 22.7. The summed E-state index contributed by atoms with van der Waals surface area (Å²) in [5.41, 5.74) is 7.23. The van der Waals surface area contributed by atoms with Crippen LogP contribution in [0.25, 0.3) is 11.6 Å². The number of ketones is 1. The van der Waals surface area contributed by atoms with Gasteiger partial charge in [0.15, 0.2) is 5.78 Å². The van der Waals surface area contributed by atoms with Crippen molar-refractivity contribution in [2.45, 2.75) is 26.0 Å². The quantitative estimate of drug-likeness (QED) is 0.328. The largest absolute Gasteiger partial charge is 0.488 e. The fourth-order valence-electron chi connectivity index (χ4n) is 3.97. The van der Waals surface area contributed by atoms with Gasteiger partial charge in [0.25, 0.3) is 0 Å². The number of aliphatic hydroxyl groups excluding tert-OH is 1. The van der Waals surface area contributed by atoms with Crippen LogP contribution in [0.2, 0.25) is 0 Å². The van der Waals surface area contributed by atoms with Gasteiger partial charge in [-0.2, -0.15) is 0 Å². The van der Waals surface area contributed by atoms with Crippen molar-refractivity contribution in [3.8, 4) is 5.75 Å². The summed E-state index contributed by atoms with van der Waals surface area (Å²) in [5, 5.41) is 12.3. The molecule has 0 spiro atoms. The maximum absolute atomic E-state index is 11.2. The molecule has 0 radical (unpaired) electrons. The van der Waals surface area contributed by atoms with Crippen molar-refractivity contribution in [1.82, 2.24) is 5.32 Å². The van der Waals surface area contributed by atoms with E-state index in [1.54, 1.807) is 6.08 Å². The molecule has 3 aromatic rings. The Kier molecular flexibility index (Phi) is 7.85. The Morgan fingerprint density at radius 2 is 1.79 bits per heavy atom. The highest BCUT2D eigenvalue weighted by molar-refractivity contribution is 5.94. The van der Waals surface area contributed by atoms with Crippen LogP contribution in [0.1, 0.15) is 34.2 Å². The van der Waals surface area contributed by atoms with Gasteiger partial charge in [0.05, 0.1) is 0 Å². The highest BCUT2D eigenvalue weighted by Gasteiger charge is 2.18. The van der Waals surface area contributed by atoms with Gasteiger partial charge in [-0.15, -0.1) is 0 Å². The fraction of sp³-hybridized carbons (Fsp3) is 0.207. The van der Waals surface area contributed by atoms with Crippen LogP contribution in [0.3, 0.4) is 0 Å².